The Morgan fingerprint density at radius 2 is 2.08 bits per heavy atom. The molecule has 0 aliphatic carbocycles. The third-order valence-electron chi connectivity index (χ3n) is 4.14. The Morgan fingerprint density at radius 3 is 2.67 bits per heavy atom. The SMILES string of the molecule is COc1ccc(C(C)C)c2c1c(C(=O)O)cn2Cc1ccccn1. The highest BCUT2D eigenvalue weighted by Crippen LogP contribution is 2.36. The normalized spacial score (nSPS) is 11.2. The van der Waals surface area contributed by atoms with Crippen LogP contribution in [0, 0.1) is 0 Å². The van der Waals surface area contributed by atoms with Gasteiger partial charge in [-0.1, -0.05) is 26.0 Å². The van der Waals surface area contributed by atoms with Crippen LogP contribution in [0.15, 0.2) is 42.7 Å². The number of fused-ring (bicyclic) bond motifs is 1. The number of carbonyl (C=O) groups is 1. The second-order valence-electron chi connectivity index (χ2n) is 6.03. The molecule has 0 aliphatic rings. The summed E-state index contributed by atoms with van der Waals surface area (Å²) in [6.45, 7) is 4.71. The van der Waals surface area contributed by atoms with E-state index < -0.39 is 5.97 Å². The zero-order valence-corrected chi connectivity index (χ0v) is 14.0. The van der Waals surface area contributed by atoms with Crippen molar-refractivity contribution in [1.29, 1.82) is 0 Å². The van der Waals surface area contributed by atoms with E-state index in [1.165, 1.54) is 0 Å². The number of aromatic carboxylic acids is 1. The van der Waals surface area contributed by atoms with Gasteiger partial charge in [-0.25, -0.2) is 4.79 Å². The van der Waals surface area contributed by atoms with E-state index in [0.717, 1.165) is 16.8 Å². The van der Waals surface area contributed by atoms with E-state index in [9.17, 15) is 9.90 Å². The molecule has 0 aliphatic heterocycles. The summed E-state index contributed by atoms with van der Waals surface area (Å²) in [5.74, 6) is -0.122. The highest BCUT2D eigenvalue weighted by Gasteiger charge is 2.22. The van der Waals surface area contributed by atoms with E-state index in [-0.39, 0.29) is 11.5 Å². The zero-order chi connectivity index (χ0) is 17.3. The summed E-state index contributed by atoms with van der Waals surface area (Å²) in [5.41, 5.74) is 3.12. The van der Waals surface area contributed by atoms with Crippen LogP contribution in [0.3, 0.4) is 0 Å². The molecule has 0 bridgehead atoms. The van der Waals surface area contributed by atoms with Crippen molar-refractivity contribution in [3.63, 3.8) is 0 Å². The predicted octanol–water partition coefficient (Wildman–Crippen LogP) is 3.91. The molecule has 124 valence electrons. The number of rotatable bonds is 5. The maximum Gasteiger partial charge on any atom is 0.338 e. The standard InChI is InChI=1S/C19H20N2O3/c1-12(2)14-7-8-16(24-3)17-15(19(22)23)11-21(18(14)17)10-13-6-4-5-9-20-13/h4-9,11-12H,10H2,1-3H3,(H,22,23). The van der Waals surface area contributed by atoms with Crippen molar-refractivity contribution in [1.82, 2.24) is 9.55 Å². The number of pyridine rings is 1. The summed E-state index contributed by atoms with van der Waals surface area (Å²) in [6.07, 6.45) is 3.42. The summed E-state index contributed by atoms with van der Waals surface area (Å²) >= 11 is 0. The van der Waals surface area contributed by atoms with Gasteiger partial charge in [0.2, 0.25) is 0 Å². The number of carboxylic acid groups (broad SMARTS) is 1. The van der Waals surface area contributed by atoms with Crippen LogP contribution < -0.4 is 4.74 Å². The Labute approximate surface area is 140 Å². The van der Waals surface area contributed by atoms with E-state index in [1.807, 2.05) is 34.9 Å². The molecule has 1 aromatic carbocycles. The third kappa shape index (κ3) is 2.73. The van der Waals surface area contributed by atoms with E-state index in [1.54, 1.807) is 19.5 Å². The molecule has 0 saturated heterocycles. The molecule has 1 N–H and O–H groups in total. The summed E-state index contributed by atoms with van der Waals surface area (Å²) in [5, 5.41) is 10.3. The van der Waals surface area contributed by atoms with Crippen LogP contribution in [-0.2, 0) is 6.54 Å². The quantitative estimate of drug-likeness (QED) is 0.772. The number of ether oxygens (including phenoxy) is 1. The van der Waals surface area contributed by atoms with E-state index >= 15 is 0 Å². The van der Waals surface area contributed by atoms with Crippen LogP contribution in [0.2, 0.25) is 0 Å². The molecule has 0 spiro atoms. The fourth-order valence-electron chi connectivity index (χ4n) is 3.03. The average Bonchev–Trinajstić information content (AvgIpc) is 2.94. The van der Waals surface area contributed by atoms with Crippen molar-refractivity contribution in [2.45, 2.75) is 26.3 Å². The highest BCUT2D eigenvalue weighted by atomic mass is 16.5. The number of methoxy groups -OCH3 is 1. The molecule has 0 unspecified atom stereocenters. The molecule has 2 aromatic heterocycles. The Balaban J connectivity index is 2.30. The molecule has 3 aromatic rings. The third-order valence-corrected chi connectivity index (χ3v) is 4.14. The van der Waals surface area contributed by atoms with Crippen molar-refractivity contribution in [2.75, 3.05) is 7.11 Å². The molecule has 3 rings (SSSR count). The maximum atomic E-state index is 11.7. The average molecular weight is 324 g/mol. The largest absolute Gasteiger partial charge is 0.496 e. The van der Waals surface area contributed by atoms with Crippen LogP contribution in [0.4, 0.5) is 0 Å². The number of carboxylic acids is 1. The number of benzene rings is 1. The van der Waals surface area contributed by atoms with Crippen LogP contribution in [0.25, 0.3) is 10.9 Å². The number of aromatic nitrogens is 2. The smallest absolute Gasteiger partial charge is 0.338 e. The lowest BCUT2D eigenvalue weighted by Gasteiger charge is -2.14. The van der Waals surface area contributed by atoms with Gasteiger partial charge in [0.05, 0.1) is 35.8 Å². The molecule has 2 heterocycles. The first-order chi connectivity index (χ1) is 11.5. The van der Waals surface area contributed by atoms with Crippen molar-refractivity contribution < 1.29 is 14.6 Å². The highest BCUT2D eigenvalue weighted by molar-refractivity contribution is 6.07. The van der Waals surface area contributed by atoms with Crippen molar-refractivity contribution in [3.05, 3.63) is 59.5 Å². The molecular weight excluding hydrogens is 304 g/mol. The second-order valence-corrected chi connectivity index (χ2v) is 6.03. The Bertz CT molecular complexity index is 883. The first-order valence-corrected chi connectivity index (χ1v) is 7.85. The van der Waals surface area contributed by atoms with Crippen LogP contribution in [0.1, 0.15) is 41.4 Å². The van der Waals surface area contributed by atoms with Gasteiger partial charge in [-0.2, -0.15) is 0 Å². The van der Waals surface area contributed by atoms with E-state index in [2.05, 4.69) is 18.8 Å². The predicted molar refractivity (Wildman–Crippen MR) is 92.9 cm³/mol. The number of hydrogen-bond acceptors (Lipinski definition) is 3. The van der Waals surface area contributed by atoms with Gasteiger partial charge in [0.15, 0.2) is 0 Å². The van der Waals surface area contributed by atoms with Crippen LogP contribution in [-0.4, -0.2) is 27.7 Å². The minimum atomic E-state index is -0.959. The topological polar surface area (TPSA) is 64.3 Å². The zero-order valence-electron chi connectivity index (χ0n) is 14.0. The van der Waals surface area contributed by atoms with Crippen molar-refractivity contribution in [3.8, 4) is 5.75 Å². The van der Waals surface area contributed by atoms with Crippen molar-refractivity contribution in [2.24, 2.45) is 0 Å². The lowest BCUT2D eigenvalue weighted by atomic mass is 9.99. The second kappa shape index (κ2) is 6.35. The summed E-state index contributed by atoms with van der Waals surface area (Å²) < 4.78 is 7.38. The molecule has 24 heavy (non-hydrogen) atoms. The minimum Gasteiger partial charge on any atom is -0.496 e. The van der Waals surface area contributed by atoms with E-state index in [4.69, 9.17) is 4.74 Å². The lowest BCUT2D eigenvalue weighted by Crippen LogP contribution is -2.03. The molecule has 0 fully saturated rings. The monoisotopic (exact) mass is 324 g/mol. The fraction of sp³-hybridized carbons (Fsp3) is 0.263. The summed E-state index contributed by atoms with van der Waals surface area (Å²) in [6, 6.07) is 9.57. The molecule has 0 saturated carbocycles. The summed E-state index contributed by atoms with van der Waals surface area (Å²) in [7, 11) is 1.56. The number of hydrogen-bond donors (Lipinski definition) is 1. The van der Waals surface area contributed by atoms with Crippen LogP contribution >= 0.6 is 0 Å². The molecule has 5 nitrogen and oxygen atoms in total. The molecule has 0 radical (unpaired) electrons. The van der Waals surface area contributed by atoms with Gasteiger partial charge in [-0.15, -0.1) is 0 Å². The van der Waals surface area contributed by atoms with Gasteiger partial charge in [0.25, 0.3) is 0 Å². The fourth-order valence-corrected chi connectivity index (χ4v) is 3.03. The Morgan fingerprint density at radius 1 is 1.29 bits per heavy atom. The van der Waals surface area contributed by atoms with Gasteiger partial charge < -0.3 is 14.4 Å². The molecule has 0 amide bonds. The van der Waals surface area contributed by atoms with E-state index in [0.29, 0.717) is 17.7 Å². The van der Waals surface area contributed by atoms with Gasteiger partial charge in [-0.05, 0) is 29.7 Å². The first-order valence-electron chi connectivity index (χ1n) is 7.85. The van der Waals surface area contributed by atoms with Gasteiger partial charge >= 0.3 is 5.97 Å². The lowest BCUT2D eigenvalue weighted by molar-refractivity contribution is 0.0698. The molecule has 5 heteroatoms. The van der Waals surface area contributed by atoms with Gasteiger partial charge in [0, 0.05) is 12.4 Å². The molecule has 0 atom stereocenters. The summed E-state index contributed by atoms with van der Waals surface area (Å²) in [4.78, 5) is 16.1. The molecular formula is C19H20N2O3. The Kier molecular flexibility index (Phi) is 4.25. The Hall–Kier alpha value is -2.82. The van der Waals surface area contributed by atoms with Crippen molar-refractivity contribution >= 4 is 16.9 Å². The number of nitrogens with zero attached hydrogens (tertiary/aromatic N) is 2. The van der Waals surface area contributed by atoms with Crippen LogP contribution in [0.5, 0.6) is 5.75 Å². The minimum absolute atomic E-state index is 0.250. The first kappa shape index (κ1) is 16.1. The van der Waals surface area contributed by atoms with Gasteiger partial charge in [-0.3, -0.25) is 4.98 Å². The maximum absolute atomic E-state index is 11.7. The van der Waals surface area contributed by atoms with Gasteiger partial charge in [0.1, 0.15) is 5.75 Å².